The molecule has 4 nitrogen and oxygen atoms in total. The SMILES string of the molecule is CC(=O)c1ccc(NS(=O)(=O)CCl)cc1. The predicted octanol–water partition coefficient (Wildman–Crippen LogP) is 1.83. The van der Waals surface area contributed by atoms with E-state index in [1.165, 1.54) is 19.1 Å². The normalized spacial score (nSPS) is 11.1. The lowest BCUT2D eigenvalue weighted by Gasteiger charge is -2.05. The van der Waals surface area contributed by atoms with E-state index in [0.29, 0.717) is 11.3 Å². The van der Waals surface area contributed by atoms with Crippen molar-refractivity contribution in [2.24, 2.45) is 0 Å². The molecule has 0 radical (unpaired) electrons. The second kappa shape index (κ2) is 4.63. The van der Waals surface area contributed by atoms with Gasteiger partial charge in [-0.05, 0) is 31.2 Å². The molecule has 15 heavy (non-hydrogen) atoms. The summed E-state index contributed by atoms with van der Waals surface area (Å²) >= 11 is 5.22. The Bertz CT molecular complexity index is 453. The summed E-state index contributed by atoms with van der Waals surface area (Å²) in [5, 5.41) is -0.499. The van der Waals surface area contributed by atoms with Crippen LogP contribution in [-0.2, 0) is 10.0 Å². The summed E-state index contributed by atoms with van der Waals surface area (Å²) in [6.45, 7) is 1.44. The molecule has 1 aromatic carbocycles. The predicted molar refractivity (Wildman–Crippen MR) is 59.7 cm³/mol. The molecule has 0 bridgehead atoms. The van der Waals surface area contributed by atoms with Gasteiger partial charge in [0.05, 0.1) is 0 Å². The summed E-state index contributed by atoms with van der Waals surface area (Å²) in [4.78, 5) is 10.9. The number of benzene rings is 1. The Morgan fingerprint density at radius 1 is 1.33 bits per heavy atom. The van der Waals surface area contributed by atoms with Crippen LogP contribution in [0, 0.1) is 0 Å². The van der Waals surface area contributed by atoms with Crippen molar-refractivity contribution in [2.75, 3.05) is 9.93 Å². The van der Waals surface area contributed by atoms with Gasteiger partial charge >= 0.3 is 0 Å². The van der Waals surface area contributed by atoms with Crippen molar-refractivity contribution in [1.82, 2.24) is 0 Å². The summed E-state index contributed by atoms with van der Waals surface area (Å²) in [5.41, 5.74) is 0.921. The van der Waals surface area contributed by atoms with E-state index in [9.17, 15) is 13.2 Å². The van der Waals surface area contributed by atoms with Gasteiger partial charge in [-0.2, -0.15) is 0 Å². The maximum Gasteiger partial charge on any atom is 0.246 e. The molecule has 6 heteroatoms. The van der Waals surface area contributed by atoms with Crippen molar-refractivity contribution >= 4 is 33.1 Å². The van der Waals surface area contributed by atoms with Gasteiger partial charge in [-0.1, -0.05) is 0 Å². The van der Waals surface area contributed by atoms with Crippen LogP contribution in [0.25, 0.3) is 0 Å². The van der Waals surface area contributed by atoms with Crippen molar-refractivity contribution < 1.29 is 13.2 Å². The molecule has 0 aliphatic heterocycles. The minimum absolute atomic E-state index is 0.0678. The van der Waals surface area contributed by atoms with E-state index < -0.39 is 15.2 Å². The number of carbonyl (C=O) groups is 1. The molecule has 0 fully saturated rings. The zero-order valence-electron chi connectivity index (χ0n) is 8.03. The molecule has 0 saturated heterocycles. The molecule has 1 aromatic rings. The number of sulfonamides is 1. The molecule has 0 amide bonds. The number of rotatable bonds is 4. The highest BCUT2D eigenvalue weighted by atomic mass is 35.5. The molecule has 82 valence electrons. The lowest BCUT2D eigenvalue weighted by molar-refractivity contribution is 0.101. The van der Waals surface area contributed by atoms with Crippen molar-refractivity contribution in [3.8, 4) is 0 Å². The average Bonchev–Trinajstić information content (AvgIpc) is 2.18. The van der Waals surface area contributed by atoms with Gasteiger partial charge < -0.3 is 0 Å². The van der Waals surface area contributed by atoms with Crippen molar-refractivity contribution in [1.29, 1.82) is 0 Å². The molecule has 0 aliphatic carbocycles. The van der Waals surface area contributed by atoms with Crippen LogP contribution in [0.3, 0.4) is 0 Å². The largest absolute Gasteiger partial charge is 0.295 e. The van der Waals surface area contributed by atoms with Gasteiger partial charge in [0.1, 0.15) is 5.21 Å². The third kappa shape index (κ3) is 3.53. The van der Waals surface area contributed by atoms with Crippen LogP contribution in [0.5, 0.6) is 0 Å². The van der Waals surface area contributed by atoms with Gasteiger partial charge in [0, 0.05) is 11.3 Å². The standard InChI is InChI=1S/C9H10ClNO3S/c1-7(12)8-2-4-9(5-3-8)11-15(13,14)6-10/h2-5,11H,6H2,1H3. The van der Waals surface area contributed by atoms with Crippen molar-refractivity contribution in [3.63, 3.8) is 0 Å². The summed E-state index contributed by atoms with van der Waals surface area (Å²) in [5.74, 6) is -0.0678. The number of hydrogen-bond donors (Lipinski definition) is 1. The topological polar surface area (TPSA) is 63.2 Å². The molecular formula is C9H10ClNO3S. The molecule has 0 atom stereocenters. The molecular weight excluding hydrogens is 238 g/mol. The Kier molecular flexibility index (Phi) is 3.71. The fraction of sp³-hybridized carbons (Fsp3) is 0.222. The van der Waals surface area contributed by atoms with E-state index in [1.807, 2.05) is 0 Å². The first-order valence-corrected chi connectivity index (χ1v) is 6.31. The Morgan fingerprint density at radius 3 is 2.27 bits per heavy atom. The van der Waals surface area contributed by atoms with Crippen LogP contribution in [0.2, 0.25) is 0 Å². The second-order valence-electron chi connectivity index (χ2n) is 2.96. The quantitative estimate of drug-likeness (QED) is 0.652. The van der Waals surface area contributed by atoms with E-state index in [2.05, 4.69) is 4.72 Å². The highest BCUT2D eigenvalue weighted by Gasteiger charge is 2.07. The summed E-state index contributed by atoms with van der Waals surface area (Å²) in [7, 11) is -3.48. The van der Waals surface area contributed by atoms with Gasteiger partial charge in [-0.3, -0.25) is 9.52 Å². The maximum absolute atomic E-state index is 11.1. The molecule has 0 unspecified atom stereocenters. The van der Waals surface area contributed by atoms with Crippen LogP contribution < -0.4 is 4.72 Å². The van der Waals surface area contributed by atoms with E-state index in [4.69, 9.17) is 11.6 Å². The number of ketones is 1. The molecule has 0 aromatic heterocycles. The van der Waals surface area contributed by atoms with Crippen LogP contribution in [0.15, 0.2) is 24.3 Å². The average molecular weight is 248 g/mol. The van der Waals surface area contributed by atoms with Crippen molar-refractivity contribution in [2.45, 2.75) is 6.92 Å². The van der Waals surface area contributed by atoms with Gasteiger partial charge in [0.2, 0.25) is 10.0 Å². The molecule has 0 heterocycles. The van der Waals surface area contributed by atoms with Crippen LogP contribution in [0.4, 0.5) is 5.69 Å². The van der Waals surface area contributed by atoms with Gasteiger partial charge in [-0.15, -0.1) is 11.6 Å². The van der Waals surface area contributed by atoms with Gasteiger partial charge in [0.25, 0.3) is 0 Å². The summed E-state index contributed by atoms with van der Waals surface area (Å²) in [6, 6.07) is 6.13. The van der Waals surface area contributed by atoms with Gasteiger partial charge in [-0.25, -0.2) is 8.42 Å². The number of halogens is 1. The van der Waals surface area contributed by atoms with Gasteiger partial charge in [0.15, 0.2) is 5.78 Å². The monoisotopic (exact) mass is 247 g/mol. The number of anilines is 1. The third-order valence-electron chi connectivity index (χ3n) is 1.71. The van der Waals surface area contributed by atoms with Crippen LogP contribution in [-0.4, -0.2) is 19.4 Å². The Labute approximate surface area is 93.3 Å². The Morgan fingerprint density at radius 2 is 1.87 bits per heavy atom. The number of alkyl halides is 1. The van der Waals surface area contributed by atoms with E-state index in [1.54, 1.807) is 12.1 Å². The number of Topliss-reactive ketones (excluding diaryl/α,β-unsaturated/α-hetero) is 1. The van der Waals surface area contributed by atoms with Crippen LogP contribution >= 0.6 is 11.6 Å². The minimum Gasteiger partial charge on any atom is -0.295 e. The van der Waals surface area contributed by atoms with E-state index in [0.717, 1.165) is 0 Å². The van der Waals surface area contributed by atoms with Crippen LogP contribution in [0.1, 0.15) is 17.3 Å². The molecule has 1 N–H and O–H groups in total. The lowest BCUT2D eigenvalue weighted by Crippen LogP contribution is -2.13. The minimum atomic E-state index is -3.48. The third-order valence-corrected chi connectivity index (χ3v) is 3.40. The van der Waals surface area contributed by atoms with E-state index >= 15 is 0 Å². The number of carbonyl (C=O) groups excluding carboxylic acids is 1. The Hall–Kier alpha value is -1.07. The number of nitrogens with one attached hydrogen (secondary N) is 1. The smallest absolute Gasteiger partial charge is 0.246 e. The zero-order chi connectivity index (χ0) is 11.5. The first-order chi connectivity index (χ1) is 6.94. The second-order valence-corrected chi connectivity index (χ2v) is 5.27. The molecule has 1 rings (SSSR count). The summed E-state index contributed by atoms with van der Waals surface area (Å²) in [6.07, 6.45) is 0. The molecule has 0 spiro atoms. The lowest BCUT2D eigenvalue weighted by atomic mass is 10.1. The first-order valence-electron chi connectivity index (χ1n) is 4.12. The highest BCUT2D eigenvalue weighted by molar-refractivity contribution is 7.93. The fourth-order valence-electron chi connectivity index (χ4n) is 0.980. The van der Waals surface area contributed by atoms with E-state index in [-0.39, 0.29) is 5.78 Å². The Balaban J connectivity index is 2.86. The summed E-state index contributed by atoms with van der Waals surface area (Å²) < 4.78 is 24.4. The fourth-order valence-corrected chi connectivity index (χ4v) is 1.69. The molecule has 0 saturated carbocycles. The maximum atomic E-state index is 11.1. The number of hydrogen-bond acceptors (Lipinski definition) is 3. The zero-order valence-corrected chi connectivity index (χ0v) is 9.60. The first kappa shape index (κ1) is 12.0. The van der Waals surface area contributed by atoms with Crippen molar-refractivity contribution in [3.05, 3.63) is 29.8 Å². The molecule has 0 aliphatic rings. The highest BCUT2D eigenvalue weighted by Crippen LogP contribution is 2.12.